The van der Waals surface area contributed by atoms with Crippen LogP contribution in [0.2, 0.25) is 0 Å². The Hall–Kier alpha value is -1.15. The first-order chi connectivity index (χ1) is 7.24. The Labute approximate surface area is 90.7 Å². The van der Waals surface area contributed by atoms with Gasteiger partial charge < -0.3 is 5.11 Å². The number of aliphatic imine (C=N–C) groups is 1. The summed E-state index contributed by atoms with van der Waals surface area (Å²) in [7, 11) is 0. The van der Waals surface area contributed by atoms with E-state index in [1.54, 1.807) is 0 Å². The van der Waals surface area contributed by atoms with E-state index in [4.69, 9.17) is 0 Å². The van der Waals surface area contributed by atoms with E-state index in [1.165, 1.54) is 11.3 Å². The molecule has 0 atom stereocenters. The highest BCUT2D eigenvalue weighted by Crippen LogP contribution is 2.20. The molecule has 0 aromatic heterocycles. The maximum Gasteiger partial charge on any atom is 0.0629 e. The first-order valence-corrected chi connectivity index (χ1v) is 5.55. The predicted molar refractivity (Wildman–Crippen MR) is 62.7 cm³/mol. The van der Waals surface area contributed by atoms with Crippen LogP contribution in [0, 0.1) is 6.92 Å². The van der Waals surface area contributed by atoms with Crippen molar-refractivity contribution in [1.29, 1.82) is 0 Å². The van der Waals surface area contributed by atoms with Gasteiger partial charge in [-0.2, -0.15) is 0 Å². The number of hydrogen-bond acceptors (Lipinski definition) is 2. The molecule has 0 bridgehead atoms. The Morgan fingerprint density at radius 3 is 2.33 bits per heavy atom. The highest BCUT2D eigenvalue weighted by Gasteiger charge is 2.14. The predicted octanol–water partition coefficient (Wildman–Crippen LogP) is 3.00. The Morgan fingerprint density at radius 1 is 1.13 bits per heavy atom. The molecule has 1 saturated carbocycles. The minimum Gasteiger partial charge on any atom is -0.393 e. The number of nitrogens with zero attached hydrogens (tertiary/aromatic N) is 1. The van der Waals surface area contributed by atoms with Crippen molar-refractivity contribution in [2.24, 2.45) is 4.99 Å². The Kier molecular flexibility index (Phi) is 3.17. The molecule has 2 rings (SSSR count). The lowest BCUT2D eigenvalue weighted by atomic mass is 9.96. The van der Waals surface area contributed by atoms with E-state index in [1.807, 2.05) is 12.1 Å². The number of benzene rings is 1. The van der Waals surface area contributed by atoms with E-state index in [-0.39, 0.29) is 6.10 Å². The third kappa shape index (κ3) is 2.90. The van der Waals surface area contributed by atoms with Crippen LogP contribution >= 0.6 is 0 Å². The quantitative estimate of drug-likeness (QED) is 0.747. The molecule has 0 spiro atoms. The zero-order valence-corrected chi connectivity index (χ0v) is 9.11. The average molecular weight is 203 g/mol. The molecule has 0 unspecified atom stereocenters. The summed E-state index contributed by atoms with van der Waals surface area (Å²) >= 11 is 0. The number of aryl methyl sites for hydroxylation is 1. The fraction of sp³-hybridized carbons (Fsp3) is 0.462. The lowest BCUT2D eigenvalue weighted by Gasteiger charge is -2.18. The van der Waals surface area contributed by atoms with Crippen molar-refractivity contribution < 1.29 is 5.11 Å². The van der Waals surface area contributed by atoms with Gasteiger partial charge in [-0.3, -0.25) is 4.99 Å². The van der Waals surface area contributed by atoms with Crippen LogP contribution in [0.1, 0.15) is 31.2 Å². The van der Waals surface area contributed by atoms with Gasteiger partial charge in [-0.05, 0) is 44.7 Å². The van der Waals surface area contributed by atoms with E-state index in [9.17, 15) is 5.11 Å². The largest absolute Gasteiger partial charge is 0.393 e. The minimum atomic E-state index is -0.109. The summed E-state index contributed by atoms with van der Waals surface area (Å²) in [6.07, 6.45) is 3.50. The van der Waals surface area contributed by atoms with Crippen LogP contribution in [0.15, 0.2) is 29.3 Å². The molecule has 1 fully saturated rings. The van der Waals surface area contributed by atoms with Gasteiger partial charge >= 0.3 is 0 Å². The summed E-state index contributed by atoms with van der Waals surface area (Å²) in [5.74, 6) is 0. The normalized spacial score (nSPS) is 21.5. The first kappa shape index (κ1) is 10.4. The number of aliphatic hydroxyl groups is 1. The summed E-state index contributed by atoms with van der Waals surface area (Å²) in [4.78, 5) is 4.60. The highest BCUT2D eigenvalue weighted by molar-refractivity contribution is 5.87. The molecule has 15 heavy (non-hydrogen) atoms. The average Bonchev–Trinajstić information content (AvgIpc) is 2.25. The van der Waals surface area contributed by atoms with Crippen molar-refractivity contribution in [3.05, 3.63) is 29.8 Å². The van der Waals surface area contributed by atoms with Crippen LogP contribution in [0.5, 0.6) is 0 Å². The highest BCUT2D eigenvalue weighted by atomic mass is 16.3. The molecule has 0 saturated heterocycles. The number of rotatable bonds is 1. The second-order valence-electron chi connectivity index (χ2n) is 4.24. The lowest BCUT2D eigenvalue weighted by molar-refractivity contribution is 0.152. The molecule has 0 heterocycles. The topological polar surface area (TPSA) is 32.6 Å². The van der Waals surface area contributed by atoms with Crippen LogP contribution in [0.25, 0.3) is 0 Å². The fourth-order valence-corrected chi connectivity index (χ4v) is 1.85. The zero-order chi connectivity index (χ0) is 10.7. The van der Waals surface area contributed by atoms with E-state index in [0.29, 0.717) is 0 Å². The van der Waals surface area contributed by atoms with E-state index < -0.39 is 0 Å². The van der Waals surface area contributed by atoms with Crippen molar-refractivity contribution >= 4 is 11.4 Å². The van der Waals surface area contributed by atoms with Gasteiger partial charge in [0.25, 0.3) is 0 Å². The van der Waals surface area contributed by atoms with Gasteiger partial charge in [0.1, 0.15) is 0 Å². The molecule has 2 heteroatoms. The van der Waals surface area contributed by atoms with Gasteiger partial charge in [-0.15, -0.1) is 0 Å². The Morgan fingerprint density at radius 2 is 1.73 bits per heavy atom. The molecule has 80 valence electrons. The van der Waals surface area contributed by atoms with Crippen LogP contribution in [-0.4, -0.2) is 16.9 Å². The third-order valence-electron chi connectivity index (χ3n) is 2.85. The molecule has 1 aromatic rings. The SMILES string of the molecule is Cc1ccc(N=C2CCC(O)CC2)cc1. The van der Waals surface area contributed by atoms with Crippen LogP contribution in [-0.2, 0) is 0 Å². The van der Waals surface area contributed by atoms with Gasteiger partial charge in [0.05, 0.1) is 11.8 Å². The number of aliphatic hydroxyl groups excluding tert-OH is 1. The minimum absolute atomic E-state index is 0.109. The standard InChI is InChI=1S/C13H17NO/c1-10-2-4-11(5-3-10)14-12-6-8-13(15)9-7-12/h2-5,13,15H,6-9H2,1H3. The smallest absolute Gasteiger partial charge is 0.0629 e. The van der Waals surface area contributed by atoms with E-state index in [0.717, 1.165) is 31.4 Å². The Bertz CT molecular complexity index is 343. The van der Waals surface area contributed by atoms with Crippen molar-refractivity contribution in [2.45, 2.75) is 38.7 Å². The van der Waals surface area contributed by atoms with Crippen molar-refractivity contribution in [1.82, 2.24) is 0 Å². The monoisotopic (exact) mass is 203 g/mol. The molecule has 0 aliphatic heterocycles. The molecule has 1 aliphatic rings. The van der Waals surface area contributed by atoms with Crippen LogP contribution in [0.3, 0.4) is 0 Å². The second kappa shape index (κ2) is 4.58. The summed E-state index contributed by atoms with van der Waals surface area (Å²) < 4.78 is 0. The van der Waals surface area contributed by atoms with Crippen molar-refractivity contribution in [2.75, 3.05) is 0 Å². The fourth-order valence-electron chi connectivity index (χ4n) is 1.85. The van der Waals surface area contributed by atoms with Gasteiger partial charge in [-0.25, -0.2) is 0 Å². The summed E-state index contributed by atoms with van der Waals surface area (Å²) in [5.41, 5.74) is 3.52. The maximum absolute atomic E-state index is 9.37. The van der Waals surface area contributed by atoms with E-state index in [2.05, 4.69) is 24.0 Å². The van der Waals surface area contributed by atoms with Crippen LogP contribution in [0.4, 0.5) is 5.69 Å². The maximum atomic E-state index is 9.37. The molecule has 2 nitrogen and oxygen atoms in total. The molecule has 1 aliphatic carbocycles. The van der Waals surface area contributed by atoms with Crippen LogP contribution < -0.4 is 0 Å². The summed E-state index contributed by atoms with van der Waals surface area (Å²) in [6.45, 7) is 2.08. The van der Waals surface area contributed by atoms with Gasteiger partial charge in [0.2, 0.25) is 0 Å². The molecular formula is C13H17NO. The van der Waals surface area contributed by atoms with Gasteiger partial charge in [-0.1, -0.05) is 17.7 Å². The third-order valence-corrected chi connectivity index (χ3v) is 2.85. The lowest BCUT2D eigenvalue weighted by Crippen LogP contribution is -2.17. The summed E-state index contributed by atoms with van der Waals surface area (Å²) in [6, 6.07) is 8.26. The molecular weight excluding hydrogens is 186 g/mol. The molecule has 0 radical (unpaired) electrons. The summed E-state index contributed by atoms with van der Waals surface area (Å²) in [5, 5.41) is 9.37. The van der Waals surface area contributed by atoms with E-state index >= 15 is 0 Å². The first-order valence-electron chi connectivity index (χ1n) is 5.55. The van der Waals surface area contributed by atoms with Gasteiger partial charge in [0.15, 0.2) is 0 Å². The zero-order valence-electron chi connectivity index (χ0n) is 9.11. The molecule has 1 aromatic carbocycles. The van der Waals surface area contributed by atoms with Crippen molar-refractivity contribution in [3.63, 3.8) is 0 Å². The second-order valence-corrected chi connectivity index (χ2v) is 4.24. The molecule has 0 amide bonds. The molecule has 1 N–H and O–H groups in total. The Balaban J connectivity index is 2.06. The van der Waals surface area contributed by atoms with Gasteiger partial charge in [0, 0.05) is 5.71 Å². The van der Waals surface area contributed by atoms with Crippen molar-refractivity contribution in [3.8, 4) is 0 Å². The number of hydrogen-bond donors (Lipinski definition) is 1.